The molecule has 0 bridgehead atoms. The summed E-state index contributed by atoms with van der Waals surface area (Å²) in [5.41, 5.74) is 4.40. The molecular weight excluding hydrogens is 258 g/mol. The van der Waals surface area contributed by atoms with Crippen LogP contribution in [0.25, 0.3) is 6.08 Å². The van der Waals surface area contributed by atoms with Crippen molar-refractivity contribution in [3.63, 3.8) is 0 Å². The normalized spacial score (nSPS) is 16.2. The molecule has 1 fully saturated rings. The highest BCUT2D eigenvalue weighted by molar-refractivity contribution is 5.89. The fourth-order valence-electron chi connectivity index (χ4n) is 1.89. The van der Waals surface area contributed by atoms with Gasteiger partial charge >= 0.3 is 6.03 Å². The van der Waals surface area contributed by atoms with Crippen LogP contribution in [0.5, 0.6) is 0 Å². The SMILES string of the molecule is O=C(Nc1cccc(/C=C/CO)c1)NN1CCOCC1. The van der Waals surface area contributed by atoms with E-state index in [1.165, 1.54) is 0 Å². The molecule has 3 N–H and O–H groups in total. The number of rotatable bonds is 4. The Labute approximate surface area is 118 Å². The first-order chi connectivity index (χ1) is 9.78. The van der Waals surface area contributed by atoms with E-state index in [4.69, 9.17) is 9.84 Å². The summed E-state index contributed by atoms with van der Waals surface area (Å²) in [6.45, 7) is 2.62. The Morgan fingerprint density at radius 3 is 2.95 bits per heavy atom. The van der Waals surface area contributed by atoms with E-state index < -0.39 is 0 Å². The number of aliphatic hydroxyl groups is 1. The van der Waals surface area contributed by atoms with Crippen molar-refractivity contribution in [2.45, 2.75) is 0 Å². The van der Waals surface area contributed by atoms with Gasteiger partial charge in [0.15, 0.2) is 0 Å². The molecule has 1 aliphatic heterocycles. The summed E-state index contributed by atoms with van der Waals surface area (Å²) >= 11 is 0. The second kappa shape index (κ2) is 7.64. The van der Waals surface area contributed by atoms with Crippen LogP contribution in [0.3, 0.4) is 0 Å². The molecule has 108 valence electrons. The maximum absolute atomic E-state index is 11.8. The molecule has 0 aromatic heterocycles. The average molecular weight is 277 g/mol. The van der Waals surface area contributed by atoms with Crippen LogP contribution in [-0.4, -0.2) is 49.1 Å². The van der Waals surface area contributed by atoms with Gasteiger partial charge in [0.25, 0.3) is 0 Å². The number of nitrogens with one attached hydrogen (secondary N) is 2. The van der Waals surface area contributed by atoms with Crippen LogP contribution in [0.4, 0.5) is 10.5 Å². The molecule has 20 heavy (non-hydrogen) atoms. The molecule has 1 heterocycles. The number of nitrogens with zero attached hydrogens (tertiary/aromatic N) is 1. The van der Waals surface area contributed by atoms with Crippen LogP contribution < -0.4 is 10.7 Å². The second-order valence-corrected chi connectivity index (χ2v) is 4.38. The summed E-state index contributed by atoms with van der Waals surface area (Å²) in [4.78, 5) is 11.8. The summed E-state index contributed by atoms with van der Waals surface area (Å²) in [7, 11) is 0. The molecule has 0 unspecified atom stereocenters. The zero-order chi connectivity index (χ0) is 14.2. The second-order valence-electron chi connectivity index (χ2n) is 4.38. The first-order valence-electron chi connectivity index (χ1n) is 6.56. The highest BCUT2D eigenvalue weighted by atomic mass is 16.5. The molecule has 1 aromatic rings. The highest BCUT2D eigenvalue weighted by Crippen LogP contribution is 2.11. The maximum atomic E-state index is 11.8. The standard InChI is InChI=1S/C14H19N3O3/c18-8-2-4-12-3-1-5-13(11-12)15-14(19)16-17-6-9-20-10-7-17/h1-5,11,18H,6-10H2,(H2,15,16,19)/b4-2+. The average Bonchev–Trinajstić information content (AvgIpc) is 2.46. The van der Waals surface area contributed by atoms with Gasteiger partial charge in [-0.2, -0.15) is 0 Å². The number of morpholine rings is 1. The smallest absolute Gasteiger partial charge is 0.333 e. The van der Waals surface area contributed by atoms with Crippen LogP contribution in [0.1, 0.15) is 5.56 Å². The third kappa shape index (κ3) is 4.65. The fourth-order valence-corrected chi connectivity index (χ4v) is 1.89. The number of amides is 2. The van der Waals surface area contributed by atoms with E-state index in [0.29, 0.717) is 32.0 Å². The van der Waals surface area contributed by atoms with Crippen LogP contribution in [0.2, 0.25) is 0 Å². The number of hydrazine groups is 1. The zero-order valence-corrected chi connectivity index (χ0v) is 11.2. The fraction of sp³-hybridized carbons (Fsp3) is 0.357. The van der Waals surface area contributed by atoms with Crippen molar-refractivity contribution in [3.05, 3.63) is 35.9 Å². The van der Waals surface area contributed by atoms with E-state index in [1.54, 1.807) is 12.2 Å². The number of carbonyl (C=O) groups is 1. The number of benzene rings is 1. The number of anilines is 1. The van der Waals surface area contributed by atoms with Crippen molar-refractivity contribution < 1.29 is 14.6 Å². The Balaban J connectivity index is 1.88. The molecule has 1 saturated heterocycles. The Kier molecular flexibility index (Phi) is 5.55. The topological polar surface area (TPSA) is 73.8 Å². The largest absolute Gasteiger partial charge is 0.392 e. The van der Waals surface area contributed by atoms with Crippen molar-refractivity contribution >= 4 is 17.8 Å². The number of urea groups is 1. The lowest BCUT2D eigenvalue weighted by Crippen LogP contribution is -2.49. The van der Waals surface area contributed by atoms with E-state index in [-0.39, 0.29) is 12.6 Å². The molecule has 0 atom stereocenters. The monoisotopic (exact) mass is 277 g/mol. The van der Waals surface area contributed by atoms with E-state index in [9.17, 15) is 4.79 Å². The van der Waals surface area contributed by atoms with Gasteiger partial charge in [0.1, 0.15) is 0 Å². The minimum Gasteiger partial charge on any atom is -0.392 e. The zero-order valence-electron chi connectivity index (χ0n) is 11.2. The number of ether oxygens (including phenoxy) is 1. The van der Waals surface area contributed by atoms with Crippen molar-refractivity contribution in [3.8, 4) is 0 Å². The molecule has 6 heteroatoms. The van der Waals surface area contributed by atoms with Gasteiger partial charge in [-0.3, -0.25) is 5.43 Å². The predicted molar refractivity (Wildman–Crippen MR) is 77.1 cm³/mol. The molecule has 0 spiro atoms. The number of aliphatic hydroxyl groups excluding tert-OH is 1. The summed E-state index contributed by atoms with van der Waals surface area (Å²) in [5.74, 6) is 0. The van der Waals surface area contributed by atoms with Crippen LogP contribution in [-0.2, 0) is 4.74 Å². The summed E-state index contributed by atoms with van der Waals surface area (Å²) in [6.07, 6.45) is 3.44. The first kappa shape index (κ1) is 14.5. The molecule has 0 radical (unpaired) electrons. The number of hydrogen-bond donors (Lipinski definition) is 3. The van der Waals surface area contributed by atoms with Gasteiger partial charge in [-0.15, -0.1) is 0 Å². The highest BCUT2D eigenvalue weighted by Gasteiger charge is 2.12. The van der Waals surface area contributed by atoms with Gasteiger partial charge in [-0.1, -0.05) is 24.3 Å². The first-order valence-corrected chi connectivity index (χ1v) is 6.56. The van der Waals surface area contributed by atoms with E-state index >= 15 is 0 Å². The third-order valence-corrected chi connectivity index (χ3v) is 2.83. The molecule has 1 aromatic carbocycles. The number of carbonyl (C=O) groups excluding carboxylic acids is 1. The lowest BCUT2D eigenvalue weighted by molar-refractivity contribution is 0.0207. The lowest BCUT2D eigenvalue weighted by Gasteiger charge is -2.26. The molecular formula is C14H19N3O3. The van der Waals surface area contributed by atoms with Gasteiger partial charge in [0.05, 0.1) is 19.8 Å². The summed E-state index contributed by atoms with van der Waals surface area (Å²) in [5, 5.41) is 13.3. The predicted octanol–water partition coefficient (Wildman–Crippen LogP) is 1.06. The van der Waals surface area contributed by atoms with Crippen molar-refractivity contribution in [1.82, 2.24) is 10.4 Å². The molecule has 2 amide bonds. The van der Waals surface area contributed by atoms with E-state index in [2.05, 4.69) is 10.7 Å². The van der Waals surface area contributed by atoms with Gasteiger partial charge in [-0.05, 0) is 17.7 Å². The van der Waals surface area contributed by atoms with Crippen molar-refractivity contribution in [2.75, 3.05) is 38.2 Å². The summed E-state index contributed by atoms with van der Waals surface area (Å²) < 4.78 is 5.21. The summed E-state index contributed by atoms with van der Waals surface area (Å²) in [6, 6.07) is 7.13. The van der Waals surface area contributed by atoms with Gasteiger partial charge in [-0.25, -0.2) is 9.80 Å². The molecule has 2 rings (SSSR count). The van der Waals surface area contributed by atoms with Crippen LogP contribution in [0.15, 0.2) is 30.3 Å². The van der Waals surface area contributed by atoms with Gasteiger partial charge < -0.3 is 15.2 Å². The third-order valence-electron chi connectivity index (χ3n) is 2.83. The van der Waals surface area contributed by atoms with E-state index in [0.717, 1.165) is 5.56 Å². The molecule has 6 nitrogen and oxygen atoms in total. The van der Waals surface area contributed by atoms with Crippen LogP contribution in [0, 0.1) is 0 Å². The Bertz CT molecular complexity index is 470. The number of hydrogen-bond acceptors (Lipinski definition) is 4. The molecule has 0 saturated carbocycles. The molecule has 1 aliphatic rings. The van der Waals surface area contributed by atoms with Gasteiger partial charge in [0, 0.05) is 18.8 Å². The Morgan fingerprint density at radius 1 is 1.40 bits per heavy atom. The Morgan fingerprint density at radius 2 is 2.20 bits per heavy atom. The quantitative estimate of drug-likeness (QED) is 0.769. The molecule has 0 aliphatic carbocycles. The van der Waals surface area contributed by atoms with Crippen molar-refractivity contribution in [1.29, 1.82) is 0 Å². The lowest BCUT2D eigenvalue weighted by atomic mass is 10.2. The Hall–Kier alpha value is -1.89. The maximum Gasteiger partial charge on any atom is 0.333 e. The minimum atomic E-state index is -0.268. The van der Waals surface area contributed by atoms with Crippen LogP contribution >= 0.6 is 0 Å². The van der Waals surface area contributed by atoms with E-state index in [1.807, 2.05) is 29.3 Å². The minimum absolute atomic E-state index is 0.00479. The van der Waals surface area contributed by atoms with Crippen molar-refractivity contribution in [2.24, 2.45) is 0 Å². The van der Waals surface area contributed by atoms with Gasteiger partial charge in [0.2, 0.25) is 0 Å².